The van der Waals surface area contributed by atoms with Crippen LogP contribution < -0.4 is 0 Å². The van der Waals surface area contributed by atoms with Crippen molar-refractivity contribution in [3.05, 3.63) is 29.3 Å². The molecule has 1 atom stereocenters. The summed E-state index contributed by atoms with van der Waals surface area (Å²) in [4.78, 5) is 0.215. The second kappa shape index (κ2) is 3.14. The summed E-state index contributed by atoms with van der Waals surface area (Å²) in [5, 5.41) is 0.432. The van der Waals surface area contributed by atoms with Gasteiger partial charge < -0.3 is 4.55 Å². The van der Waals surface area contributed by atoms with E-state index in [1.165, 1.54) is 12.1 Å². The number of hydrogen-bond acceptors (Lipinski definition) is 2. The van der Waals surface area contributed by atoms with Gasteiger partial charge in [0.25, 0.3) is 0 Å². The van der Waals surface area contributed by atoms with Crippen molar-refractivity contribution in [3.63, 3.8) is 0 Å². The summed E-state index contributed by atoms with van der Waals surface area (Å²) in [6, 6.07) is 6.09. The molecule has 0 saturated carbocycles. The van der Waals surface area contributed by atoms with Gasteiger partial charge in [0.05, 0.1) is 0 Å². The van der Waals surface area contributed by atoms with E-state index in [9.17, 15) is 8.76 Å². The molecule has 0 heterocycles. The molecule has 0 amide bonds. The summed E-state index contributed by atoms with van der Waals surface area (Å²) in [6.07, 6.45) is 0. The fourth-order valence-electron chi connectivity index (χ4n) is 0.571. The molecular weight excluding hydrogens is 172 g/mol. The van der Waals surface area contributed by atoms with E-state index >= 15 is 0 Å². The summed E-state index contributed by atoms with van der Waals surface area (Å²) in [5.74, 6) is 0. The van der Waals surface area contributed by atoms with Crippen molar-refractivity contribution >= 4 is 22.7 Å². The van der Waals surface area contributed by atoms with Crippen LogP contribution in [0.25, 0.3) is 0 Å². The molecule has 1 aromatic rings. The molecule has 10 heavy (non-hydrogen) atoms. The van der Waals surface area contributed by atoms with Crippen molar-refractivity contribution < 1.29 is 8.76 Å². The maximum Gasteiger partial charge on any atom is 0.0417 e. The van der Waals surface area contributed by atoms with Gasteiger partial charge >= 0.3 is 0 Å². The molecule has 0 radical (unpaired) electrons. The Morgan fingerprint density at radius 3 is 2.60 bits per heavy atom. The molecule has 0 aliphatic rings. The Balaban J connectivity index is 3.07. The van der Waals surface area contributed by atoms with Gasteiger partial charge in [-0.3, -0.25) is 4.21 Å². The van der Waals surface area contributed by atoms with Crippen molar-refractivity contribution in [2.45, 2.75) is 4.90 Å². The predicted octanol–water partition coefficient (Wildman–Crippen LogP) is 1.58. The monoisotopic (exact) mass is 175 g/mol. The lowest BCUT2D eigenvalue weighted by Crippen LogP contribution is -1.86. The molecule has 0 aliphatic carbocycles. The van der Waals surface area contributed by atoms with Gasteiger partial charge in [0.1, 0.15) is 0 Å². The summed E-state index contributed by atoms with van der Waals surface area (Å²) in [7, 11) is 0. The second-order valence-electron chi connectivity index (χ2n) is 1.69. The van der Waals surface area contributed by atoms with Gasteiger partial charge in [-0.05, 0) is 29.3 Å². The summed E-state index contributed by atoms with van der Waals surface area (Å²) in [6.45, 7) is 0. The van der Waals surface area contributed by atoms with Crippen LogP contribution >= 0.6 is 11.6 Å². The van der Waals surface area contributed by atoms with E-state index in [0.717, 1.165) is 0 Å². The topological polar surface area (TPSA) is 40.1 Å². The van der Waals surface area contributed by atoms with E-state index < -0.39 is 11.1 Å². The molecule has 0 N–H and O–H groups in total. The number of hydrogen-bond donors (Lipinski definition) is 0. The quantitative estimate of drug-likeness (QED) is 0.608. The molecule has 1 unspecified atom stereocenters. The zero-order chi connectivity index (χ0) is 7.56. The largest absolute Gasteiger partial charge is 0.768 e. The van der Waals surface area contributed by atoms with Crippen LogP contribution in [0.3, 0.4) is 0 Å². The normalized spacial score (nSPS) is 13.0. The first-order valence-corrected chi connectivity index (χ1v) is 4.00. The smallest absolute Gasteiger partial charge is 0.0417 e. The van der Waals surface area contributed by atoms with Crippen molar-refractivity contribution in [2.75, 3.05) is 0 Å². The molecule has 2 nitrogen and oxygen atoms in total. The fraction of sp³-hybridized carbons (Fsp3) is 0. The maximum atomic E-state index is 10.3. The van der Waals surface area contributed by atoms with E-state index in [4.69, 9.17) is 11.6 Å². The molecule has 1 aromatic carbocycles. The summed E-state index contributed by atoms with van der Waals surface area (Å²) < 4.78 is 20.6. The van der Waals surface area contributed by atoms with Gasteiger partial charge in [0.15, 0.2) is 0 Å². The SMILES string of the molecule is O=S([O-])c1cccc(Cl)c1. The standard InChI is InChI=1S/C6H5ClO2S/c7-5-2-1-3-6(4-5)10(8)9/h1-4H,(H,8,9)/p-1. The molecule has 0 aliphatic heterocycles. The summed E-state index contributed by atoms with van der Waals surface area (Å²) in [5.41, 5.74) is 0. The van der Waals surface area contributed by atoms with Crippen LogP contribution in [-0.2, 0) is 11.1 Å². The minimum atomic E-state index is -2.17. The maximum absolute atomic E-state index is 10.3. The van der Waals surface area contributed by atoms with Crippen LogP contribution in [0, 0.1) is 0 Å². The van der Waals surface area contributed by atoms with Crippen LogP contribution in [-0.4, -0.2) is 8.76 Å². The van der Waals surface area contributed by atoms with Gasteiger partial charge in [0, 0.05) is 9.92 Å². The lowest BCUT2D eigenvalue weighted by Gasteiger charge is -2.03. The lowest BCUT2D eigenvalue weighted by atomic mass is 10.4. The zero-order valence-electron chi connectivity index (χ0n) is 4.91. The van der Waals surface area contributed by atoms with Crippen LogP contribution in [0.15, 0.2) is 29.2 Å². The van der Waals surface area contributed by atoms with E-state index in [0.29, 0.717) is 5.02 Å². The Morgan fingerprint density at radius 2 is 2.20 bits per heavy atom. The lowest BCUT2D eigenvalue weighted by molar-refractivity contribution is 0.537. The molecule has 0 saturated heterocycles. The molecule has 54 valence electrons. The molecule has 0 aromatic heterocycles. The highest BCUT2D eigenvalue weighted by atomic mass is 35.5. The molecule has 4 heteroatoms. The minimum absolute atomic E-state index is 0.215. The third-order valence-electron chi connectivity index (χ3n) is 0.989. The van der Waals surface area contributed by atoms with Crippen molar-refractivity contribution in [3.8, 4) is 0 Å². The molecule has 1 rings (SSSR count). The van der Waals surface area contributed by atoms with Crippen LogP contribution in [0.4, 0.5) is 0 Å². The van der Waals surface area contributed by atoms with E-state index in [2.05, 4.69) is 0 Å². The Hall–Kier alpha value is -0.380. The Bertz CT molecular complexity index is 262. The summed E-state index contributed by atoms with van der Waals surface area (Å²) >= 11 is 3.34. The molecule has 0 fully saturated rings. The number of halogens is 1. The fourth-order valence-corrected chi connectivity index (χ4v) is 1.24. The van der Waals surface area contributed by atoms with E-state index in [-0.39, 0.29) is 4.90 Å². The van der Waals surface area contributed by atoms with Crippen LogP contribution in [0.1, 0.15) is 0 Å². The predicted molar refractivity (Wildman–Crippen MR) is 38.6 cm³/mol. The third kappa shape index (κ3) is 1.80. The van der Waals surface area contributed by atoms with Crippen molar-refractivity contribution in [1.82, 2.24) is 0 Å². The average Bonchev–Trinajstić information content (AvgIpc) is 1.88. The zero-order valence-corrected chi connectivity index (χ0v) is 6.48. The first kappa shape index (κ1) is 7.72. The first-order valence-electron chi connectivity index (χ1n) is 2.55. The highest BCUT2D eigenvalue weighted by molar-refractivity contribution is 7.79. The van der Waals surface area contributed by atoms with Gasteiger partial charge in [-0.25, -0.2) is 0 Å². The first-order chi connectivity index (χ1) is 4.70. The number of rotatable bonds is 1. The van der Waals surface area contributed by atoms with Crippen LogP contribution in [0.5, 0.6) is 0 Å². The second-order valence-corrected chi connectivity index (χ2v) is 3.07. The van der Waals surface area contributed by atoms with Crippen molar-refractivity contribution in [1.29, 1.82) is 0 Å². The highest BCUT2D eigenvalue weighted by Gasteiger charge is 1.91. The van der Waals surface area contributed by atoms with Gasteiger partial charge in [0.2, 0.25) is 0 Å². The Kier molecular flexibility index (Phi) is 2.43. The average molecular weight is 176 g/mol. The van der Waals surface area contributed by atoms with Gasteiger partial charge in [-0.2, -0.15) is 0 Å². The minimum Gasteiger partial charge on any atom is -0.768 e. The van der Waals surface area contributed by atoms with Gasteiger partial charge in [-0.15, -0.1) is 0 Å². The van der Waals surface area contributed by atoms with Gasteiger partial charge in [-0.1, -0.05) is 17.7 Å². The molecular formula is C6H4ClO2S-. The van der Waals surface area contributed by atoms with E-state index in [1.54, 1.807) is 12.1 Å². The Morgan fingerprint density at radius 1 is 1.50 bits per heavy atom. The Labute approximate surface area is 66.1 Å². The van der Waals surface area contributed by atoms with Crippen molar-refractivity contribution in [2.24, 2.45) is 0 Å². The van der Waals surface area contributed by atoms with Crippen LogP contribution in [0.2, 0.25) is 5.02 Å². The number of benzene rings is 1. The third-order valence-corrected chi connectivity index (χ3v) is 1.86. The van der Waals surface area contributed by atoms with E-state index in [1.807, 2.05) is 0 Å². The highest BCUT2D eigenvalue weighted by Crippen LogP contribution is 2.12. The molecule has 0 bridgehead atoms. The molecule has 0 spiro atoms.